The number of amides is 1. The summed E-state index contributed by atoms with van der Waals surface area (Å²) in [6, 6.07) is 21.4. The van der Waals surface area contributed by atoms with Crippen molar-refractivity contribution in [1.29, 1.82) is 0 Å². The van der Waals surface area contributed by atoms with E-state index in [-0.39, 0.29) is 5.91 Å². The Balaban J connectivity index is 1.52. The van der Waals surface area contributed by atoms with Crippen LogP contribution in [0.5, 0.6) is 5.75 Å². The van der Waals surface area contributed by atoms with Gasteiger partial charge in [-0.3, -0.25) is 4.79 Å². The molecule has 0 saturated carbocycles. The Morgan fingerprint density at radius 1 is 1.12 bits per heavy atom. The topological polar surface area (TPSA) is 55.6 Å². The molecule has 1 aromatic heterocycles. The number of hydrogen-bond acceptors (Lipinski definition) is 3. The van der Waals surface area contributed by atoms with E-state index >= 15 is 0 Å². The summed E-state index contributed by atoms with van der Waals surface area (Å²) < 4.78 is 7.71. The zero-order valence-corrected chi connectivity index (χ0v) is 14.6. The molecule has 0 aliphatic carbocycles. The molecule has 5 heteroatoms. The number of carbonyl (C=O) groups is 1. The summed E-state index contributed by atoms with van der Waals surface area (Å²) in [5.74, 6) is 0.604. The molecule has 132 valence electrons. The molecule has 2 aromatic carbocycles. The van der Waals surface area contributed by atoms with Crippen molar-refractivity contribution in [3.8, 4) is 5.75 Å². The molecule has 0 bridgehead atoms. The molecule has 0 saturated heterocycles. The SMILES string of the molecule is Cn1cccc1CC(=O)NN=Cc1cccc(OCc2ccccc2)c1. The first-order chi connectivity index (χ1) is 12.7. The number of benzene rings is 2. The van der Waals surface area contributed by atoms with Crippen molar-refractivity contribution in [3.05, 3.63) is 89.7 Å². The predicted octanol–water partition coefficient (Wildman–Crippen LogP) is 3.30. The van der Waals surface area contributed by atoms with Gasteiger partial charge in [0, 0.05) is 18.9 Å². The van der Waals surface area contributed by atoms with E-state index in [1.54, 1.807) is 6.21 Å². The van der Waals surface area contributed by atoms with Gasteiger partial charge in [-0.15, -0.1) is 0 Å². The van der Waals surface area contributed by atoms with Gasteiger partial charge in [-0.1, -0.05) is 42.5 Å². The molecular formula is C21H21N3O2. The number of aromatic nitrogens is 1. The zero-order valence-electron chi connectivity index (χ0n) is 14.6. The van der Waals surface area contributed by atoms with Crippen molar-refractivity contribution in [3.63, 3.8) is 0 Å². The van der Waals surface area contributed by atoms with E-state index < -0.39 is 0 Å². The second kappa shape index (κ2) is 8.67. The molecule has 0 spiro atoms. The highest BCUT2D eigenvalue weighted by atomic mass is 16.5. The highest BCUT2D eigenvalue weighted by Crippen LogP contribution is 2.14. The Kier molecular flexibility index (Phi) is 5.83. The third-order valence-corrected chi connectivity index (χ3v) is 3.90. The van der Waals surface area contributed by atoms with Gasteiger partial charge in [-0.2, -0.15) is 5.10 Å². The number of hydrazone groups is 1. The highest BCUT2D eigenvalue weighted by Gasteiger charge is 2.04. The molecule has 0 aliphatic heterocycles. The van der Waals surface area contributed by atoms with Crippen LogP contribution < -0.4 is 10.2 Å². The van der Waals surface area contributed by atoms with Crippen molar-refractivity contribution < 1.29 is 9.53 Å². The summed E-state index contributed by atoms with van der Waals surface area (Å²) in [5.41, 5.74) is 5.46. The van der Waals surface area contributed by atoms with Gasteiger partial charge in [-0.25, -0.2) is 5.43 Å². The van der Waals surface area contributed by atoms with Crippen LogP contribution in [0.4, 0.5) is 0 Å². The first kappa shape index (κ1) is 17.5. The lowest BCUT2D eigenvalue weighted by atomic mass is 10.2. The van der Waals surface area contributed by atoms with Gasteiger partial charge in [0.05, 0.1) is 12.6 Å². The summed E-state index contributed by atoms with van der Waals surface area (Å²) in [5, 5.41) is 4.02. The number of aryl methyl sites for hydroxylation is 1. The maximum atomic E-state index is 11.9. The minimum Gasteiger partial charge on any atom is -0.489 e. The summed E-state index contributed by atoms with van der Waals surface area (Å²) in [7, 11) is 1.91. The third kappa shape index (κ3) is 5.08. The van der Waals surface area contributed by atoms with Crippen LogP contribution in [-0.2, 0) is 24.9 Å². The van der Waals surface area contributed by atoms with Crippen LogP contribution in [0.25, 0.3) is 0 Å². The number of rotatable bonds is 7. The Morgan fingerprint density at radius 2 is 1.96 bits per heavy atom. The second-order valence-electron chi connectivity index (χ2n) is 5.93. The van der Waals surface area contributed by atoms with Gasteiger partial charge < -0.3 is 9.30 Å². The molecule has 26 heavy (non-hydrogen) atoms. The molecule has 1 amide bonds. The maximum Gasteiger partial charge on any atom is 0.245 e. The molecule has 3 aromatic rings. The normalized spacial score (nSPS) is 10.8. The van der Waals surface area contributed by atoms with Crippen LogP contribution in [0.1, 0.15) is 16.8 Å². The van der Waals surface area contributed by atoms with Crippen molar-refractivity contribution in [1.82, 2.24) is 9.99 Å². The van der Waals surface area contributed by atoms with Crippen LogP contribution in [0, 0.1) is 0 Å². The van der Waals surface area contributed by atoms with Crippen LogP contribution in [-0.4, -0.2) is 16.7 Å². The first-order valence-corrected chi connectivity index (χ1v) is 8.39. The lowest BCUT2D eigenvalue weighted by Gasteiger charge is -2.06. The minimum absolute atomic E-state index is 0.153. The molecule has 5 nitrogen and oxygen atoms in total. The number of nitrogens with zero attached hydrogens (tertiary/aromatic N) is 2. The number of hydrogen-bond donors (Lipinski definition) is 1. The van der Waals surface area contributed by atoms with Crippen LogP contribution in [0.2, 0.25) is 0 Å². The Hall–Kier alpha value is -3.34. The molecule has 0 fully saturated rings. The number of nitrogens with one attached hydrogen (secondary N) is 1. The zero-order chi connectivity index (χ0) is 18.2. The summed E-state index contributed by atoms with van der Waals surface area (Å²) in [6.07, 6.45) is 3.81. The van der Waals surface area contributed by atoms with E-state index in [2.05, 4.69) is 10.5 Å². The average molecular weight is 347 g/mol. The van der Waals surface area contributed by atoms with E-state index in [4.69, 9.17) is 4.74 Å². The van der Waals surface area contributed by atoms with Crippen LogP contribution in [0.3, 0.4) is 0 Å². The van der Waals surface area contributed by atoms with E-state index in [0.717, 1.165) is 22.6 Å². The van der Waals surface area contributed by atoms with E-state index in [9.17, 15) is 4.79 Å². The smallest absolute Gasteiger partial charge is 0.245 e. The molecule has 1 N–H and O–H groups in total. The van der Waals surface area contributed by atoms with Gasteiger partial charge in [0.25, 0.3) is 0 Å². The molecule has 0 radical (unpaired) electrons. The molecule has 0 unspecified atom stereocenters. The highest BCUT2D eigenvalue weighted by molar-refractivity contribution is 5.83. The average Bonchev–Trinajstić information content (AvgIpc) is 3.06. The number of ether oxygens (including phenoxy) is 1. The molecule has 0 atom stereocenters. The van der Waals surface area contributed by atoms with E-state index in [1.807, 2.05) is 84.5 Å². The Bertz CT molecular complexity index is 885. The summed E-state index contributed by atoms with van der Waals surface area (Å²) >= 11 is 0. The third-order valence-electron chi connectivity index (χ3n) is 3.90. The Morgan fingerprint density at radius 3 is 2.73 bits per heavy atom. The minimum atomic E-state index is -0.153. The predicted molar refractivity (Wildman–Crippen MR) is 102 cm³/mol. The fourth-order valence-electron chi connectivity index (χ4n) is 2.49. The molecule has 3 rings (SSSR count). The standard InChI is InChI=1S/C21H21N3O2/c1-24-12-6-10-19(24)14-21(25)23-22-15-18-9-5-11-20(13-18)26-16-17-7-3-2-4-8-17/h2-13,15H,14,16H2,1H3,(H,23,25). The monoisotopic (exact) mass is 347 g/mol. The van der Waals surface area contributed by atoms with Crippen molar-refractivity contribution >= 4 is 12.1 Å². The first-order valence-electron chi connectivity index (χ1n) is 8.39. The fraction of sp³-hybridized carbons (Fsp3) is 0.143. The van der Waals surface area contributed by atoms with Crippen LogP contribution >= 0.6 is 0 Å². The van der Waals surface area contributed by atoms with Gasteiger partial charge >= 0.3 is 0 Å². The lowest BCUT2D eigenvalue weighted by Crippen LogP contribution is -2.20. The quantitative estimate of drug-likeness (QED) is 0.527. The fourth-order valence-corrected chi connectivity index (χ4v) is 2.49. The van der Waals surface area contributed by atoms with Gasteiger partial charge in [0.2, 0.25) is 5.91 Å². The van der Waals surface area contributed by atoms with Crippen LogP contribution in [0.15, 0.2) is 78.0 Å². The van der Waals surface area contributed by atoms with E-state index in [1.165, 1.54) is 0 Å². The summed E-state index contributed by atoms with van der Waals surface area (Å²) in [4.78, 5) is 11.9. The van der Waals surface area contributed by atoms with Crippen molar-refractivity contribution in [2.45, 2.75) is 13.0 Å². The lowest BCUT2D eigenvalue weighted by molar-refractivity contribution is -0.120. The molecular weight excluding hydrogens is 326 g/mol. The second-order valence-corrected chi connectivity index (χ2v) is 5.93. The largest absolute Gasteiger partial charge is 0.489 e. The maximum absolute atomic E-state index is 11.9. The van der Waals surface area contributed by atoms with Gasteiger partial charge in [0.15, 0.2) is 0 Å². The van der Waals surface area contributed by atoms with Crippen molar-refractivity contribution in [2.24, 2.45) is 12.1 Å². The van der Waals surface area contributed by atoms with Gasteiger partial charge in [-0.05, 0) is 35.4 Å². The van der Waals surface area contributed by atoms with Crippen molar-refractivity contribution in [2.75, 3.05) is 0 Å². The molecule has 1 heterocycles. The Labute approximate surface area is 152 Å². The number of carbonyl (C=O) groups excluding carboxylic acids is 1. The van der Waals surface area contributed by atoms with Gasteiger partial charge in [0.1, 0.15) is 12.4 Å². The van der Waals surface area contributed by atoms with E-state index in [0.29, 0.717) is 13.0 Å². The summed E-state index contributed by atoms with van der Waals surface area (Å²) in [6.45, 7) is 0.509. The molecule has 0 aliphatic rings.